The van der Waals surface area contributed by atoms with Gasteiger partial charge < -0.3 is 20.1 Å². The van der Waals surface area contributed by atoms with E-state index < -0.39 is 0 Å². The Balaban J connectivity index is 1.60. The van der Waals surface area contributed by atoms with Crippen LogP contribution in [0.15, 0.2) is 30.3 Å². The first-order valence-electron chi connectivity index (χ1n) is 7.93. The number of ether oxygens (including phenoxy) is 2. The Labute approximate surface area is 132 Å². The van der Waals surface area contributed by atoms with Crippen LogP contribution in [0.5, 0.6) is 0 Å². The standard InChI is InChI=1S/C17H26N2O3/c1-3-14(12-21-2)18-15-9-16(10-15)19-17(20)22-11-13-7-5-4-6-8-13/h4-8,14-16,18H,3,9-12H2,1-2H3,(H,19,20). The second kappa shape index (κ2) is 8.76. The van der Waals surface area contributed by atoms with Crippen LogP contribution >= 0.6 is 0 Å². The smallest absolute Gasteiger partial charge is 0.407 e. The molecule has 1 fully saturated rings. The van der Waals surface area contributed by atoms with Crippen LogP contribution in [0.2, 0.25) is 0 Å². The summed E-state index contributed by atoms with van der Waals surface area (Å²) >= 11 is 0. The highest BCUT2D eigenvalue weighted by atomic mass is 16.5. The molecule has 0 aliphatic heterocycles. The van der Waals surface area contributed by atoms with Crippen molar-refractivity contribution in [2.45, 2.75) is 50.9 Å². The third-order valence-corrected chi connectivity index (χ3v) is 4.00. The Kier molecular flexibility index (Phi) is 6.68. The van der Waals surface area contributed by atoms with E-state index in [1.54, 1.807) is 7.11 Å². The number of nitrogens with one attached hydrogen (secondary N) is 2. The molecule has 0 aromatic heterocycles. The van der Waals surface area contributed by atoms with E-state index in [-0.39, 0.29) is 12.1 Å². The molecular weight excluding hydrogens is 280 g/mol. The van der Waals surface area contributed by atoms with Gasteiger partial charge in [0.1, 0.15) is 6.61 Å². The van der Waals surface area contributed by atoms with Gasteiger partial charge in [0.05, 0.1) is 6.61 Å². The molecular formula is C17H26N2O3. The third kappa shape index (κ3) is 5.31. The van der Waals surface area contributed by atoms with Gasteiger partial charge in [-0.2, -0.15) is 0 Å². The summed E-state index contributed by atoms with van der Waals surface area (Å²) in [6.45, 7) is 3.18. The lowest BCUT2D eigenvalue weighted by Gasteiger charge is -2.38. The lowest BCUT2D eigenvalue weighted by Crippen LogP contribution is -2.55. The van der Waals surface area contributed by atoms with Gasteiger partial charge in [-0.25, -0.2) is 4.79 Å². The Bertz CT molecular complexity index is 446. The fraction of sp³-hybridized carbons (Fsp3) is 0.588. The molecule has 5 heteroatoms. The van der Waals surface area contributed by atoms with Crippen LogP contribution in [0.1, 0.15) is 31.7 Å². The zero-order valence-corrected chi connectivity index (χ0v) is 13.4. The Morgan fingerprint density at radius 2 is 2.00 bits per heavy atom. The van der Waals surface area contributed by atoms with Gasteiger partial charge in [-0.1, -0.05) is 37.3 Å². The number of rotatable bonds is 8. The average molecular weight is 306 g/mol. The summed E-state index contributed by atoms with van der Waals surface area (Å²) in [5.41, 5.74) is 0.996. The van der Waals surface area contributed by atoms with Crippen molar-refractivity contribution in [2.24, 2.45) is 0 Å². The fourth-order valence-electron chi connectivity index (χ4n) is 2.62. The van der Waals surface area contributed by atoms with Crippen LogP contribution in [0.4, 0.5) is 4.79 Å². The van der Waals surface area contributed by atoms with Gasteiger partial charge in [0.2, 0.25) is 0 Å². The first-order chi connectivity index (χ1) is 10.7. The predicted octanol–water partition coefficient (Wildman–Crippen LogP) is 2.46. The van der Waals surface area contributed by atoms with E-state index >= 15 is 0 Å². The summed E-state index contributed by atoms with van der Waals surface area (Å²) in [5.74, 6) is 0. The van der Waals surface area contributed by atoms with Crippen molar-refractivity contribution in [2.75, 3.05) is 13.7 Å². The molecule has 0 bridgehead atoms. The number of amides is 1. The maximum Gasteiger partial charge on any atom is 0.407 e. The van der Waals surface area contributed by atoms with Gasteiger partial charge in [0.25, 0.3) is 0 Å². The van der Waals surface area contributed by atoms with Crippen LogP contribution in [-0.2, 0) is 16.1 Å². The van der Waals surface area contributed by atoms with Gasteiger partial charge in [0.15, 0.2) is 0 Å². The lowest BCUT2D eigenvalue weighted by atomic mass is 9.86. The average Bonchev–Trinajstić information content (AvgIpc) is 2.51. The second-order valence-corrected chi connectivity index (χ2v) is 5.80. The van der Waals surface area contributed by atoms with E-state index in [2.05, 4.69) is 17.6 Å². The number of hydrogen-bond acceptors (Lipinski definition) is 4. The molecule has 0 heterocycles. The monoisotopic (exact) mass is 306 g/mol. The number of carbonyl (C=O) groups excluding carboxylic acids is 1. The van der Waals surface area contributed by atoms with Gasteiger partial charge in [0, 0.05) is 25.2 Å². The Morgan fingerprint density at radius 1 is 1.27 bits per heavy atom. The van der Waals surface area contributed by atoms with Crippen LogP contribution < -0.4 is 10.6 Å². The molecule has 1 aliphatic rings. The van der Waals surface area contributed by atoms with Crippen molar-refractivity contribution in [1.82, 2.24) is 10.6 Å². The predicted molar refractivity (Wildman–Crippen MR) is 85.7 cm³/mol. The third-order valence-electron chi connectivity index (χ3n) is 4.00. The highest BCUT2D eigenvalue weighted by molar-refractivity contribution is 5.67. The Hall–Kier alpha value is -1.59. The molecule has 0 radical (unpaired) electrons. The van der Waals surface area contributed by atoms with Gasteiger partial charge in [-0.15, -0.1) is 0 Å². The molecule has 1 atom stereocenters. The maximum atomic E-state index is 11.7. The van der Waals surface area contributed by atoms with Crippen LogP contribution in [0.25, 0.3) is 0 Å². The fourth-order valence-corrected chi connectivity index (χ4v) is 2.62. The maximum absolute atomic E-state index is 11.7. The minimum Gasteiger partial charge on any atom is -0.445 e. The molecule has 1 amide bonds. The van der Waals surface area contributed by atoms with Gasteiger partial charge >= 0.3 is 6.09 Å². The largest absolute Gasteiger partial charge is 0.445 e. The highest BCUT2D eigenvalue weighted by Crippen LogP contribution is 2.21. The number of alkyl carbamates (subject to hydrolysis) is 1. The molecule has 2 N–H and O–H groups in total. The molecule has 0 saturated heterocycles. The molecule has 22 heavy (non-hydrogen) atoms. The summed E-state index contributed by atoms with van der Waals surface area (Å²) in [6, 6.07) is 10.7. The summed E-state index contributed by atoms with van der Waals surface area (Å²) in [6.07, 6.45) is 2.60. The van der Waals surface area contributed by atoms with Crippen molar-refractivity contribution in [3.05, 3.63) is 35.9 Å². The topological polar surface area (TPSA) is 59.6 Å². The normalized spacial score (nSPS) is 21.7. The van der Waals surface area contributed by atoms with E-state index in [9.17, 15) is 4.79 Å². The van der Waals surface area contributed by atoms with E-state index in [0.717, 1.165) is 31.4 Å². The summed E-state index contributed by atoms with van der Waals surface area (Å²) in [7, 11) is 1.72. The summed E-state index contributed by atoms with van der Waals surface area (Å²) < 4.78 is 10.4. The first-order valence-corrected chi connectivity index (χ1v) is 7.93. The van der Waals surface area contributed by atoms with Gasteiger partial charge in [-0.3, -0.25) is 0 Å². The first kappa shape index (κ1) is 16.8. The van der Waals surface area contributed by atoms with Crippen LogP contribution in [0.3, 0.4) is 0 Å². The molecule has 2 rings (SSSR count). The van der Waals surface area contributed by atoms with E-state index in [4.69, 9.17) is 9.47 Å². The molecule has 1 aliphatic carbocycles. The SMILES string of the molecule is CCC(COC)NC1CC(NC(=O)OCc2ccccc2)C1. The van der Waals surface area contributed by atoms with E-state index in [1.807, 2.05) is 30.3 Å². The zero-order valence-electron chi connectivity index (χ0n) is 13.4. The lowest BCUT2D eigenvalue weighted by molar-refractivity contribution is 0.117. The van der Waals surface area contributed by atoms with Crippen molar-refractivity contribution in [1.29, 1.82) is 0 Å². The highest BCUT2D eigenvalue weighted by Gasteiger charge is 2.31. The van der Waals surface area contributed by atoms with Gasteiger partial charge in [-0.05, 0) is 24.8 Å². The molecule has 122 valence electrons. The van der Waals surface area contributed by atoms with Crippen molar-refractivity contribution in [3.63, 3.8) is 0 Å². The van der Waals surface area contributed by atoms with Crippen molar-refractivity contribution >= 4 is 6.09 Å². The molecule has 0 spiro atoms. The molecule has 5 nitrogen and oxygen atoms in total. The summed E-state index contributed by atoms with van der Waals surface area (Å²) in [5, 5.41) is 6.46. The van der Waals surface area contributed by atoms with Crippen LogP contribution in [-0.4, -0.2) is 37.9 Å². The number of benzene rings is 1. The molecule has 1 unspecified atom stereocenters. The van der Waals surface area contributed by atoms with Crippen molar-refractivity contribution < 1.29 is 14.3 Å². The minimum absolute atomic E-state index is 0.209. The quantitative estimate of drug-likeness (QED) is 0.774. The summed E-state index contributed by atoms with van der Waals surface area (Å²) in [4.78, 5) is 11.7. The molecule has 1 aromatic carbocycles. The second-order valence-electron chi connectivity index (χ2n) is 5.80. The van der Waals surface area contributed by atoms with E-state index in [0.29, 0.717) is 18.7 Å². The number of methoxy groups -OCH3 is 1. The Morgan fingerprint density at radius 3 is 2.64 bits per heavy atom. The molecule has 1 aromatic rings. The minimum atomic E-state index is -0.337. The van der Waals surface area contributed by atoms with Crippen LogP contribution in [0, 0.1) is 0 Å². The zero-order chi connectivity index (χ0) is 15.8. The molecule has 1 saturated carbocycles. The number of hydrogen-bond donors (Lipinski definition) is 2. The van der Waals surface area contributed by atoms with Crippen molar-refractivity contribution in [3.8, 4) is 0 Å². The van der Waals surface area contributed by atoms with E-state index in [1.165, 1.54) is 0 Å². The number of carbonyl (C=O) groups is 1.